The number of rotatable bonds is 6. The van der Waals surface area contributed by atoms with E-state index in [1.807, 2.05) is 6.92 Å². The van der Waals surface area contributed by atoms with Crippen LogP contribution in [0, 0.1) is 11.7 Å². The quantitative estimate of drug-likeness (QED) is 0.635. The number of alkyl halides is 2. The van der Waals surface area contributed by atoms with Gasteiger partial charge < -0.3 is 9.47 Å². The maximum absolute atomic E-state index is 14.7. The maximum atomic E-state index is 14.7. The smallest absolute Gasteiger partial charge is 0.287 e. The number of ether oxygens (including phenoxy) is 2. The Morgan fingerprint density at radius 3 is 2.36 bits per heavy atom. The van der Waals surface area contributed by atoms with Crippen LogP contribution in [0.25, 0.3) is 0 Å². The van der Waals surface area contributed by atoms with Crippen molar-refractivity contribution >= 4 is 15.9 Å². The zero-order chi connectivity index (χ0) is 18.2. The highest BCUT2D eigenvalue weighted by Crippen LogP contribution is 2.68. The summed E-state index contributed by atoms with van der Waals surface area (Å²) in [5, 5.41) is 0. The summed E-state index contributed by atoms with van der Waals surface area (Å²) in [5.74, 6) is -3.81. The molecule has 0 aromatic heterocycles. The van der Waals surface area contributed by atoms with E-state index in [2.05, 4.69) is 15.9 Å². The third-order valence-electron chi connectivity index (χ3n) is 4.68. The Hall–Kier alpha value is -1.53. The minimum Gasteiger partial charge on any atom is -0.494 e. The van der Waals surface area contributed by atoms with Crippen molar-refractivity contribution in [2.75, 3.05) is 13.7 Å². The second kappa shape index (κ2) is 6.65. The van der Waals surface area contributed by atoms with Crippen molar-refractivity contribution in [2.45, 2.75) is 24.9 Å². The van der Waals surface area contributed by atoms with Gasteiger partial charge in [-0.3, -0.25) is 0 Å². The Balaban J connectivity index is 1.88. The molecule has 1 aliphatic carbocycles. The first-order chi connectivity index (χ1) is 11.9. The molecular weight excluding hydrogens is 397 g/mol. The molecule has 2 atom stereocenters. The second-order valence-electron chi connectivity index (χ2n) is 6.03. The molecule has 2 aromatic carbocycles. The summed E-state index contributed by atoms with van der Waals surface area (Å²) in [5.41, 5.74) is -0.629. The summed E-state index contributed by atoms with van der Waals surface area (Å²) in [7, 11) is 1.30. The third kappa shape index (κ3) is 2.95. The van der Waals surface area contributed by atoms with E-state index >= 15 is 0 Å². The molecule has 1 saturated carbocycles. The van der Waals surface area contributed by atoms with Gasteiger partial charge in [-0.2, -0.15) is 0 Å². The number of halogens is 4. The van der Waals surface area contributed by atoms with Gasteiger partial charge in [-0.1, -0.05) is 18.2 Å². The van der Waals surface area contributed by atoms with Crippen LogP contribution < -0.4 is 4.74 Å². The average molecular weight is 415 g/mol. The van der Waals surface area contributed by atoms with Crippen molar-refractivity contribution < 1.29 is 22.6 Å². The fraction of sp³-hybridized carbons (Fsp3) is 0.368. The molecule has 0 N–H and O–H groups in total. The van der Waals surface area contributed by atoms with E-state index in [1.54, 1.807) is 24.3 Å². The van der Waals surface area contributed by atoms with Crippen molar-refractivity contribution in [2.24, 2.45) is 5.92 Å². The normalized spacial score (nSPS) is 24.2. The van der Waals surface area contributed by atoms with E-state index in [9.17, 15) is 13.2 Å². The summed E-state index contributed by atoms with van der Waals surface area (Å²) in [4.78, 5) is 0. The molecule has 3 rings (SSSR count). The standard InChI is InChI=1S/C19H18BrF3O2/c1-3-25-14-7-5-13(6-8-14)18(24-2)17(19(18,22)23)11-12-4-9-16(21)15(20)10-12/h4-10,17H,3,11H2,1-2H3. The summed E-state index contributed by atoms with van der Waals surface area (Å²) >= 11 is 3.09. The minimum absolute atomic E-state index is 0.0902. The van der Waals surface area contributed by atoms with E-state index in [4.69, 9.17) is 9.47 Å². The maximum Gasteiger partial charge on any atom is 0.287 e. The molecule has 0 radical (unpaired) electrons. The van der Waals surface area contributed by atoms with Gasteiger partial charge in [0, 0.05) is 7.11 Å². The van der Waals surface area contributed by atoms with Gasteiger partial charge in [0.1, 0.15) is 11.6 Å². The van der Waals surface area contributed by atoms with Gasteiger partial charge in [-0.05, 0) is 64.7 Å². The van der Waals surface area contributed by atoms with Gasteiger partial charge >= 0.3 is 0 Å². The molecule has 0 amide bonds. The lowest BCUT2D eigenvalue weighted by Gasteiger charge is -2.16. The first-order valence-electron chi connectivity index (χ1n) is 7.97. The van der Waals surface area contributed by atoms with Crippen LogP contribution in [0.5, 0.6) is 5.75 Å². The van der Waals surface area contributed by atoms with Crippen molar-refractivity contribution in [3.05, 3.63) is 63.9 Å². The van der Waals surface area contributed by atoms with E-state index in [0.717, 1.165) is 0 Å². The van der Waals surface area contributed by atoms with Crippen LogP contribution in [0.1, 0.15) is 18.1 Å². The Bertz CT molecular complexity index is 764. The summed E-state index contributed by atoms with van der Waals surface area (Å²) in [6.07, 6.45) is 0.0902. The van der Waals surface area contributed by atoms with Gasteiger partial charge in [-0.15, -0.1) is 0 Å². The summed E-state index contributed by atoms with van der Waals surface area (Å²) in [6, 6.07) is 10.9. The topological polar surface area (TPSA) is 18.5 Å². The molecule has 2 nitrogen and oxygen atoms in total. The van der Waals surface area contributed by atoms with Crippen LogP contribution in [-0.4, -0.2) is 19.6 Å². The zero-order valence-electron chi connectivity index (χ0n) is 13.9. The van der Waals surface area contributed by atoms with Crippen molar-refractivity contribution in [3.8, 4) is 5.75 Å². The molecule has 1 aliphatic rings. The molecule has 0 spiro atoms. The molecule has 6 heteroatoms. The largest absolute Gasteiger partial charge is 0.494 e. The highest BCUT2D eigenvalue weighted by Gasteiger charge is 2.82. The molecule has 25 heavy (non-hydrogen) atoms. The Morgan fingerprint density at radius 1 is 1.12 bits per heavy atom. The average Bonchev–Trinajstić information content (AvgIpc) is 3.07. The summed E-state index contributed by atoms with van der Waals surface area (Å²) in [6.45, 7) is 2.36. The molecule has 2 unspecified atom stereocenters. The summed E-state index contributed by atoms with van der Waals surface area (Å²) < 4.78 is 53.6. The van der Waals surface area contributed by atoms with Gasteiger partial charge in [0.2, 0.25) is 0 Å². The number of hydrogen-bond acceptors (Lipinski definition) is 2. The number of methoxy groups -OCH3 is 1. The van der Waals surface area contributed by atoms with E-state index in [0.29, 0.717) is 23.5 Å². The third-order valence-corrected chi connectivity index (χ3v) is 5.29. The lowest BCUT2D eigenvalue weighted by Crippen LogP contribution is -2.19. The Kier molecular flexibility index (Phi) is 4.86. The van der Waals surface area contributed by atoms with Crippen molar-refractivity contribution in [3.63, 3.8) is 0 Å². The molecule has 0 bridgehead atoms. The first-order valence-corrected chi connectivity index (χ1v) is 8.76. The van der Waals surface area contributed by atoms with Crippen molar-refractivity contribution in [1.29, 1.82) is 0 Å². The Labute approximate surface area is 153 Å². The van der Waals surface area contributed by atoms with E-state index < -0.39 is 23.3 Å². The SMILES string of the molecule is CCOc1ccc(C2(OC)C(Cc3ccc(F)c(Br)c3)C2(F)F)cc1. The molecule has 0 aliphatic heterocycles. The highest BCUT2D eigenvalue weighted by atomic mass is 79.9. The molecule has 2 aromatic rings. The van der Waals surface area contributed by atoms with Gasteiger partial charge in [0.15, 0.2) is 5.60 Å². The monoisotopic (exact) mass is 414 g/mol. The van der Waals surface area contributed by atoms with Crippen LogP contribution in [0.3, 0.4) is 0 Å². The number of benzene rings is 2. The van der Waals surface area contributed by atoms with Crippen molar-refractivity contribution in [1.82, 2.24) is 0 Å². The predicted octanol–water partition coefficient (Wildman–Crippen LogP) is 5.34. The molecule has 134 valence electrons. The van der Waals surface area contributed by atoms with Crippen LogP contribution in [0.4, 0.5) is 13.2 Å². The fourth-order valence-electron chi connectivity index (χ4n) is 3.38. The first kappa shape index (κ1) is 18.3. The highest BCUT2D eigenvalue weighted by molar-refractivity contribution is 9.10. The fourth-order valence-corrected chi connectivity index (χ4v) is 3.80. The van der Waals surface area contributed by atoms with Crippen LogP contribution in [0.2, 0.25) is 0 Å². The number of hydrogen-bond donors (Lipinski definition) is 0. The predicted molar refractivity (Wildman–Crippen MR) is 92.5 cm³/mol. The minimum atomic E-state index is -3.00. The van der Waals surface area contributed by atoms with Crippen LogP contribution >= 0.6 is 15.9 Å². The lowest BCUT2D eigenvalue weighted by atomic mass is 10.0. The second-order valence-corrected chi connectivity index (χ2v) is 6.88. The van der Waals surface area contributed by atoms with E-state index in [-0.39, 0.29) is 10.9 Å². The lowest BCUT2D eigenvalue weighted by molar-refractivity contribution is -0.0354. The van der Waals surface area contributed by atoms with Gasteiger partial charge in [-0.25, -0.2) is 13.2 Å². The Morgan fingerprint density at radius 2 is 1.80 bits per heavy atom. The molecule has 0 saturated heterocycles. The zero-order valence-corrected chi connectivity index (χ0v) is 15.4. The van der Waals surface area contributed by atoms with Crippen LogP contribution in [-0.2, 0) is 16.8 Å². The molecule has 1 fully saturated rings. The van der Waals surface area contributed by atoms with Crippen LogP contribution in [0.15, 0.2) is 46.9 Å². The molecule has 0 heterocycles. The van der Waals surface area contributed by atoms with Gasteiger partial charge in [0.05, 0.1) is 17.0 Å². The van der Waals surface area contributed by atoms with E-state index in [1.165, 1.54) is 25.3 Å². The molecular formula is C19H18BrF3O2. The van der Waals surface area contributed by atoms with Gasteiger partial charge in [0.25, 0.3) is 5.92 Å².